The molecule has 1 aromatic heterocycles. The van der Waals surface area contributed by atoms with E-state index >= 15 is 0 Å². The summed E-state index contributed by atoms with van der Waals surface area (Å²) in [6.45, 7) is 5.28. The summed E-state index contributed by atoms with van der Waals surface area (Å²) in [6.07, 6.45) is 0.905. The number of hydrogen-bond acceptors (Lipinski definition) is 3. The predicted molar refractivity (Wildman–Crippen MR) is 94.7 cm³/mol. The normalized spacial score (nSPS) is 11.5. The highest BCUT2D eigenvalue weighted by Crippen LogP contribution is 2.28. The Bertz CT molecular complexity index is 733. The first-order valence-electron chi connectivity index (χ1n) is 7.21. The number of carbonyl (C=O) groups excluding carboxylic acids is 1. The van der Waals surface area contributed by atoms with Crippen LogP contribution in [0.15, 0.2) is 24.4 Å². The van der Waals surface area contributed by atoms with E-state index < -0.39 is 23.3 Å². The third-order valence-electron chi connectivity index (χ3n) is 3.08. The van der Waals surface area contributed by atoms with Crippen LogP contribution in [0.3, 0.4) is 0 Å². The van der Waals surface area contributed by atoms with Gasteiger partial charge in [0.05, 0.1) is 40.3 Å². The van der Waals surface area contributed by atoms with Crippen molar-refractivity contribution < 1.29 is 18.3 Å². The van der Waals surface area contributed by atoms with Gasteiger partial charge in [-0.25, -0.2) is 16.5 Å². The maximum Gasteiger partial charge on any atom is 0.410 e. The molecule has 0 saturated heterocycles. The van der Waals surface area contributed by atoms with Crippen LogP contribution in [0.5, 0.6) is 0 Å². The number of amides is 1. The molecule has 2 aromatic rings. The van der Waals surface area contributed by atoms with Crippen LogP contribution in [0.25, 0.3) is 11.3 Å². The van der Waals surface area contributed by atoms with E-state index in [4.69, 9.17) is 4.74 Å². The summed E-state index contributed by atoms with van der Waals surface area (Å²) in [5.74, 6) is -1.41. The number of hydrogen-bond donors (Lipinski definition) is 0. The monoisotopic (exact) mass is 449 g/mol. The zero-order valence-electron chi connectivity index (χ0n) is 13.8. The van der Waals surface area contributed by atoms with E-state index in [1.165, 1.54) is 39.2 Å². The van der Waals surface area contributed by atoms with Crippen molar-refractivity contribution >= 4 is 29.0 Å². The first-order chi connectivity index (χ1) is 11.1. The third kappa shape index (κ3) is 4.43. The molecule has 1 heterocycles. The van der Waals surface area contributed by atoms with Crippen LogP contribution >= 0.6 is 22.9 Å². The Morgan fingerprint density at radius 1 is 1.33 bits per heavy atom. The van der Waals surface area contributed by atoms with E-state index in [2.05, 4.69) is 5.10 Å². The fourth-order valence-electron chi connectivity index (χ4n) is 2.10. The predicted octanol–water partition coefficient (Wildman–Crippen LogP) is 4.39. The molecule has 0 radical (unpaired) electrons. The van der Waals surface area contributed by atoms with Crippen molar-refractivity contribution in [2.45, 2.75) is 32.9 Å². The van der Waals surface area contributed by atoms with Gasteiger partial charge in [0, 0.05) is 13.6 Å². The second-order valence-electron chi connectivity index (χ2n) is 6.35. The van der Waals surface area contributed by atoms with Gasteiger partial charge < -0.3 is 9.64 Å². The van der Waals surface area contributed by atoms with Crippen LogP contribution in [0.4, 0.5) is 13.6 Å². The van der Waals surface area contributed by atoms with Crippen molar-refractivity contribution in [2.24, 2.45) is 0 Å². The molecule has 0 unspecified atom stereocenters. The van der Waals surface area contributed by atoms with Crippen LogP contribution < -0.4 is 0 Å². The van der Waals surface area contributed by atoms with Crippen LogP contribution in [0.2, 0.25) is 0 Å². The Morgan fingerprint density at radius 3 is 2.38 bits per heavy atom. The molecule has 130 valence electrons. The molecule has 24 heavy (non-hydrogen) atoms. The molecule has 0 aliphatic carbocycles. The molecule has 0 atom stereocenters. The number of rotatable bonds is 3. The molecule has 0 N–H and O–H groups in total. The third-order valence-corrected chi connectivity index (χ3v) is 3.85. The van der Waals surface area contributed by atoms with Crippen molar-refractivity contribution in [1.29, 1.82) is 0 Å². The highest BCUT2D eigenvalue weighted by molar-refractivity contribution is 14.1. The smallest absolute Gasteiger partial charge is 0.410 e. The summed E-state index contributed by atoms with van der Waals surface area (Å²) >= 11 is 1.84. The van der Waals surface area contributed by atoms with Crippen LogP contribution in [-0.4, -0.2) is 31.6 Å². The molecule has 2 rings (SSSR count). The fraction of sp³-hybridized carbons (Fsp3) is 0.375. The van der Waals surface area contributed by atoms with Crippen LogP contribution in [-0.2, 0) is 11.3 Å². The standard InChI is InChI=1S/C16H18F2IN3O2/c1-16(2,3)24-15(23)21(4)9-10-7-11(17)14(12(18)8-10)13-5-6-20-22(13)19/h5-8H,9H2,1-4H3. The molecular weight excluding hydrogens is 431 g/mol. The lowest BCUT2D eigenvalue weighted by Crippen LogP contribution is -2.33. The lowest BCUT2D eigenvalue weighted by molar-refractivity contribution is 0.0284. The van der Waals surface area contributed by atoms with Gasteiger partial charge in [-0.1, -0.05) is 0 Å². The highest BCUT2D eigenvalue weighted by Gasteiger charge is 2.21. The van der Waals surface area contributed by atoms with Crippen molar-refractivity contribution in [2.75, 3.05) is 7.05 Å². The first-order valence-corrected chi connectivity index (χ1v) is 8.17. The molecule has 0 saturated carbocycles. The Labute approximate surface area is 153 Å². The number of benzene rings is 1. The number of halogens is 3. The molecule has 0 fully saturated rings. The van der Waals surface area contributed by atoms with Gasteiger partial charge in [0.1, 0.15) is 17.2 Å². The largest absolute Gasteiger partial charge is 0.444 e. The molecular formula is C16H18F2IN3O2. The minimum absolute atomic E-state index is 0.0343. The second kappa shape index (κ2) is 7.04. The van der Waals surface area contributed by atoms with Gasteiger partial charge in [0.25, 0.3) is 0 Å². The Hall–Kier alpha value is -1.71. The minimum atomic E-state index is -0.707. The topological polar surface area (TPSA) is 47.4 Å². The van der Waals surface area contributed by atoms with Crippen molar-refractivity contribution in [3.63, 3.8) is 0 Å². The quantitative estimate of drug-likeness (QED) is 0.654. The number of nitrogens with zero attached hydrogens (tertiary/aromatic N) is 3. The lowest BCUT2D eigenvalue weighted by Gasteiger charge is -2.24. The van der Waals surface area contributed by atoms with Gasteiger partial charge in [-0.2, -0.15) is 5.10 Å². The Kier molecular flexibility index (Phi) is 5.46. The van der Waals surface area contributed by atoms with Gasteiger partial charge in [0.2, 0.25) is 0 Å². The second-order valence-corrected chi connectivity index (χ2v) is 7.26. The zero-order chi connectivity index (χ0) is 18.1. The van der Waals surface area contributed by atoms with Gasteiger partial charge in [0.15, 0.2) is 0 Å². The maximum absolute atomic E-state index is 14.4. The highest BCUT2D eigenvalue weighted by atomic mass is 127. The van der Waals surface area contributed by atoms with Crippen LogP contribution in [0.1, 0.15) is 26.3 Å². The summed E-state index contributed by atoms with van der Waals surface area (Å²) in [5.41, 5.74) is -0.116. The average molecular weight is 449 g/mol. The van der Waals surface area contributed by atoms with Crippen molar-refractivity contribution in [1.82, 2.24) is 12.9 Å². The molecule has 0 bridgehead atoms. The minimum Gasteiger partial charge on any atom is -0.444 e. The molecule has 0 spiro atoms. The summed E-state index contributed by atoms with van der Waals surface area (Å²) in [4.78, 5) is 13.2. The van der Waals surface area contributed by atoms with Gasteiger partial charge in [-0.15, -0.1) is 0 Å². The average Bonchev–Trinajstić information content (AvgIpc) is 2.82. The molecule has 0 aliphatic rings. The fourth-order valence-corrected chi connectivity index (χ4v) is 2.65. The first kappa shape index (κ1) is 18.6. The number of carbonyl (C=O) groups is 1. The summed E-state index contributed by atoms with van der Waals surface area (Å²) in [6, 6.07) is 3.95. The molecule has 8 heteroatoms. The Morgan fingerprint density at radius 2 is 1.92 bits per heavy atom. The number of aromatic nitrogens is 2. The van der Waals surface area contributed by atoms with Gasteiger partial charge in [-0.3, -0.25) is 0 Å². The lowest BCUT2D eigenvalue weighted by atomic mass is 10.1. The summed E-state index contributed by atoms with van der Waals surface area (Å²) in [5, 5.41) is 3.90. The SMILES string of the molecule is CN(Cc1cc(F)c(-c2ccnn2I)c(F)c1)C(=O)OC(C)(C)C. The molecule has 1 amide bonds. The molecule has 1 aromatic carbocycles. The van der Waals surface area contributed by atoms with E-state index in [1.807, 2.05) is 22.9 Å². The van der Waals surface area contributed by atoms with Crippen LogP contribution in [0, 0.1) is 11.6 Å². The van der Waals surface area contributed by atoms with E-state index in [9.17, 15) is 13.6 Å². The van der Waals surface area contributed by atoms with Gasteiger partial charge in [-0.05, 0) is 44.5 Å². The number of ether oxygens (including phenoxy) is 1. The maximum atomic E-state index is 14.4. The van der Waals surface area contributed by atoms with Crippen molar-refractivity contribution in [3.05, 3.63) is 41.6 Å². The van der Waals surface area contributed by atoms with Gasteiger partial charge >= 0.3 is 6.09 Å². The Balaban J connectivity index is 2.22. The summed E-state index contributed by atoms with van der Waals surface area (Å²) < 4.78 is 35.3. The zero-order valence-corrected chi connectivity index (χ0v) is 16.0. The van der Waals surface area contributed by atoms with E-state index in [0.717, 1.165) is 0 Å². The van der Waals surface area contributed by atoms with E-state index in [1.54, 1.807) is 20.8 Å². The molecule has 0 aliphatic heterocycles. The van der Waals surface area contributed by atoms with E-state index in [0.29, 0.717) is 11.3 Å². The van der Waals surface area contributed by atoms with Crippen molar-refractivity contribution in [3.8, 4) is 11.3 Å². The van der Waals surface area contributed by atoms with E-state index in [-0.39, 0.29) is 12.1 Å². The molecule has 5 nitrogen and oxygen atoms in total. The summed E-state index contributed by atoms with van der Waals surface area (Å²) in [7, 11) is 1.51.